The van der Waals surface area contributed by atoms with Crippen molar-refractivity contribution >= 4 is 39.0 Å². The molecule has 2 aliphatic carbocycles. The highest BCUT2D eigenvalue weighted by Gasteiger charge is 2.41. The molecule has 0 amide bonds. The van der Waals surface area contributed by atoms with Gasteiger partial charge < -0.3 is 25.5 Å². The van der Waals surface area contributed by atoms with Crippen LogP contribution in [0.1, 0.15) is 19.8 Å². The maximum atomic E-state index is 10.6. The lowest BCUT2D eigenvalue weighted by Gasteiger charge is -2.30. The summed E-state index contributed by atoms with van der Waals surface area (Å²) in [7, 11) is 4.14. The number of nitrogens with one attached hydrogen (secondary N) is 1. The van der Waals surface area contributed by atoms with Crippen LogP contribution in [0.2, 0.25) is 0 Å². The Labute approximate surface area is 213 Å². The Morgan fingerprint density at radius 3 is 2.72 bits per heavy atom. The third kappa shape index (κ3) is 4.89. The van der Waals surface area contributed by atoms with Crippen molar-refractivity contribution < 1.29 is 15.3 Å². The maximum Gasteiger partial charge on any atom is 0.251 e. The number of aliphatic hydroxyl groups is 3. The van der Waals surface area contributed by atoms with E-state index in [9.17, 15) is 15.3 Å². The van der Waals surface area contributed by atoms with Crippen molar-refractivity contribution in [1.29, 1.82) is 0 Å². The van der Waals surface area contributed by atoms with Gasteiger partial charge in [0, 0.05) is 36.7 Å². The third-order valence-corrected chi connectivity index (χ3v) is 8.06. The maximum absolute atomic E-state index is 10.6. The number of hydrogen-bond donors (Lipinski definition) is 4. The zero-order chi connectivity index (χ0) is 25.4. The molecule has 4 N–H and O–H groups in total. The number of aliphatic imine (C=N–C) groups is 1. The van der Waals surface area contributed by atoms with Crippen molar-refractivity contribution in [3.63, 3.8) is 0 Å². The molecule has 10 nitrogen and oxygen atoms in total. The van der Waals surface area contributed by atoms with E-state index in [1.54, 1.807) is 18.6 Å². The zero-order valence-electron chi connectivity index (χ0n) is 20.5. The van der Waals surface area contributed by atoms with Gasteiger partial charge in [0.15, 0.2) is 0 Å². The van der Waals surface area contributed by atoms with Crippen LogP contribution in [0.15, 0.2) is 41.8 Å². The van der Waals surface area contributed by atoms with Crippen molar-refractivity contribution in [2.24, 2.45) is 16.8 Å². The minimum atomic E-state index is -1.04. The first-order valence-corrected chi connectivity index (χ1v) is 12.9. The van der Waals surface area contributed by atoms with Crippen molar-refractivity contribution in [2.75, 3.05) is 26.0 Å². The average molecular weight is 510 g/mol. The number of likely N-dealkylation sites (N-methyl/N-ethyl adjacent to an activating group) is 1. The molecule has 0 saturated heterocycles. The van der Waals surface area contributed by atoms with Gasteiger partial charge in [-0.3, -0.25) is 4.98 Å². The number of rotatable bonds is 6. The molecule has 3 heterocycles. The predicted molar refractivity (Wildman–Crippen MR) is 141 cm³/mol. The Kier molecular flexibility index (Phi) is 7.09. The highest BCUT2D eigenvalue weighted by Crippen LogP contribution is 2.36. The third-order valence-electron chi connectivity index (χ3n) is 6.99. The summed E-state index contributed by atoms with van der Waals surface area (Å²) >= 11 is 1.50. The van der Waals surface area contributed by atoms with Gasteiger partial charge in [-0.2, -0.15) is 4.98 Å². The van der Waals surface area contributed by atoms with Gasteiger partial charge in [0.1, 0.15) is 22.4 Å². The molecule has 5 rings (SSSR count). The number of aliphatic hydroxyl groups excluding tert-OH is 3. The van der Waals surface area contributed by atoms with Crippen molar-refractivity contribution in [3.8, 4) is 10.6 Å². The molecule has 0 bridgehead atoms. The van der Waals surface area contributed by atoms with Gasteiger partial charge in [0.2, 0.25) is 0 Å². The topological polar surface area (TPSA) is 140 Å². The van der Waals surface area contributed by atoms with Crippen LogP contribution in [0.25, 0.3) is 20.8 Å². The van der Waals surface area contributed by atoms with Crippen LogP contribution in [-0.4, -0.2) is 90.9 Å². The Morgan fingerprint density at radius 2 is 2.03 bits per heavy atom. The fourth-order valence-corrected chi connectivity index (χ4v) is 5.97. The number of anilines is 1. The molecule has 11 heteroatoms. The summed E-state index contributed by atoms with van der Waals surface area (Å²) in [5.74, 6) is 0.785. The molecule has 6 atom stereocenters. The van der Waals surface area contributed by atoms with Crippen LogP contribution >= 0.6 is 11.3 Å². The molecule has 190 valence electrons. The standard InChI is InChI=1S/C25H31N7O3S/c1-13-8-15(4-5-19(13)32(2)3)28-25-27-10-16(24-30-18-11-26-7-6-20(18)36-24)23(31-25)29-17-9-14(12-33)21(34)22(17)35/h4-7,10-11,13-14,17,19,21-22,33-35H,8-9,12H2,1-3H3,(H,27,29,31). The van der Waals surface area contributed by atoms with E-state index in [4.69, 9.17) is 15.0 Å². The molecule has 6 unspecified atom stereocenters. The van der Waals surface area contributed by atoms with Gasteiger partial charge in [-0.05, 0) is 45.0 Å². The Morgan fingerprint density at radius 1 is 1.19 bits per heavy atom. The van der Waals surface area contributed by atoms with Crippen LogP contribution < -0.4 is 5.32 Å². The van der Waals surface area contributed by atoms with Crippen LogP contribution in [0, 0.1) is 11.8 Å². The minimum Gasteiger partial charge on any atom is -0.396 e. The molecule has 0 aromatic carbocycles. The second-order valence-corrected chi connectivity index (χ2v) is 10.8. The number of aromatic nitrogens is 4. The summed E-state index contributed by atoms with van der Waals surface area (Å²) in [6.45, 7) is 2.00. The van der Waals surface area contributed by atoms with Gasteiger partial charge in [-0.1, -0.05) is 13.0 Å². The number of thiazole rings is 1. The van der Waals surface area contributed by atoms with Gasteiger partial charge in [0.25, 0.3) is 5.95 Å². The molecule has 0 spiro atoms. The first kappa shape index (κ1) is 24.8. The summed E-state index contributed by atoms with van der Waals surface area (Å²) in [4.78, 5) is 25.0. The summed E-state index contributed by atoms with van der Waals surface area (Å²) in [6.07, 6.45) is 8.48. The first-order chi connectivity index (χ1) is 17.3. The normalized spacial score (nSPS) is 29.5. The smallest absolute Gasteiger partial charge is 0.251 e. The van der Waals surface area contributed by atoms with Gasteiger partial charge in [-0.25, -0.2) is 15.0 Å². The Hall–Kier alpha value is -2.83. The van der Waals surface area contributed by atoms with E-state index in [1.165, 1.54) is 11.3 Å². The fourth-order valence-electron chi connectivity index (χ4n) is 5.02. The number of nitrogens with zero attached hydrogens (tertiary/aromatic N) is 6. The molecule has 0 radical (unpaired) electrons. The molecule has 2 aliphatic rings. The predicted octanol–water partition coefficient (Wildman–Crippen LogP) is 2.26. The highest BCUT2D eigenvalue weighted by molar-refractivity contribution is 7.21. The second-order valence-electron chi connectivity index (χ2n) is 9.80. The summed E-state index contributed by atoms with van der Waals surface area (Å²) in [6, 6.07) is 1.77. The molecular formula is C25H31N7O3S. The van der Waals surface area contributed by atoms with E-state index in [1.807, 2.05) is 12.1 Å². The fraction of sp³-hybridized carbons (Fsp3) is 0.480. The molecule has 1 fully saturated rings. The lowest BCUT2D eigenvalue weighted by Crippen LogP contribution is -2.35. The molecule has 3 aromatic heterocycles. The molecule has 0 aliphatic heterocycles. The number of hydrogen-bond acceptors (Lipinski definition) is 11. The van der Waals surface area contributed by atoms with Crippen LogP contribution in [-0.2, 0) is 0 Å². The zero-order valence-corrected chi connectivity index (χ0v) is 21.3. The average Bonchev–Trinajstić information content (AvgIpc) is 3.40. The van der Waals surface area contributed by atoms with E-state index < -0.39 is 24.2 Å². The van der Waals surface area contributed by atoms with Gasteiger partial charge in [0.05, 0.1) is 28.6 Å². The Balaban J connectivity index is 1.50. The SMILES string of the molecule is CC1CC(=Nc2ncc(-c3nc4cnccc4s3)c(NC3CC(CO)C(O)C3O)n2)C=CC1N(C)C. The lowest BCUT2D eigenvalue weighted by molar-refractivity contribution is 0.00446. The Bertz CT molecular complexity index is 1260. The van der Waals surface area contributed by atoms with Crippen LogP contribution in [0.5, 0.6) is 0 Å². The van der Waals surface area contributed by atoms with Crippen molar-refractivity contribution in [2.45, 2.75) is 44.1 Å². The first-order valence-electron chi connectivity index (χ1n) is 12.1. The number of pyridine rings is 1. The number of allylic oxidation sites excluding steroid dienone is 1. The molecular weight excluding hydrogens is 478 g/mol. The highest BCUT2D eigenvalue weighted by atomic mass is 32.1. The monoisotopic (exact) mass is 509 g/mol. The van der Waals surface area contributed by atoms with E-state index >= 15 is 0 Å². The van der Waals surface area contributed by atoms with Gasteiger partial charge in [-0.15, -0.1) is 11.3 Å². The summed E-state index contributed by atoms with van der Waals surface area (Å²) in [5, 5.41) is 34.5. The minimum absolute atomic E-state index is 0.199. The number of fused-ring (bicyclic) bond motifs is 1. The van der Waals surface area contributed by atoms with E-state index in [0.717, 1.165) is 22.3 Å². The second kappa shape index (κ2) is 10.3. The van der Waals surface area contributed by atoms with Crippen molar-refractivity contribution in [3.05, 3.63) is 36.8 Å². The summed E-state index contributed by atoms with van der Waals surface area (Å²) < 4.78 is 0.990. The van der Waals surface area contributed by atoms with Crippen molar-refractivity contribution in [1.82, 2.24) is 24.8 Å². The van der Waals surface area contributed by atoms with Gasteiger partial charge >= 0.3 is 0 Å². The largest absolute Gasteiger partial charge is 0.396 e. The van der Waals surface area contributed by atoms with E-state index in [2.05, 4.69) is 47.3 Å². The van der Waals surface area contributed by atoms with E-state index in [0.29, 0.717) is 40.7 Å². The summed E-state index contributed by atoms with van der Waals surface area (Å²) in [5.41, 5.74) is 2.36. The van der Waals surface area contributed by atoms with Crippen LogP contribution in [0.4, 0.5) is 11.8 Å². The molecule has 36 heavy (non-hydrogen) atoms. The molecule has 1 saturated carbocycles. The molecule has 3 aromatic rings. The quantitative estimate of drug-likeness (QED) is 0.394. The lowest BCUT2D eigenvalue weighted by atomic mass is 9.89. The van der Waals surface area contributed by atoms with Crippen LogP contribution in [0.3, 0.4) is 0 Å². The van der Waals surface area contributed by atoms with E-state index in [-0.39, 0.29) is 6.61 Å².